The lowest BCUT2D eigenvalue weighted by atomic mass is 9.93. The lowest BCUT2D eigenvalue weighted by Gasteiger charge is -2.19. The number of carbonyl (C=O) groups excluding carboxylic acids is 1. The minimum absolute atomic E-state index is 0.0836. The van der Waals surface area contributed by atoms with Crippen LogP contribution >= 0.6 is 0 Å². The molecule has 0 unspecified atom stereocenters. The van der Waals surface area contributed by atoms with Crippen molar-refractivity contribution >= 4 is 17.2 Å². The van der Waals surface area contributed by atoms with E-state index < -0.39 is 16.9 Å². The SMILES string of the molecule is CC(=O)[C@@H](CO/N=C(\C)c1ccccc1)[C@H](O)c1ccc([N+](=O)[O-])cc1. The van der Waals surface area contributed by atoms with E-state index in [1.165, 1.54) is 31.2 Å². The molecule has 0 spiro atoms. The fourth-order valence-corrected chi connectivity index (χ4v) is 2.40. The van der Waals surface area contributed by atoms with E-state index in [2.05, 4.69) is 5.16 Å². The summed E-state index contributed by atoms with van der Waals surface area (Å²) < 4.78 is 0. The Hall–Kier alpha value is -3.06. The first-order valence-electron chi connectivity index (χ1n) is 8.05. The minimum Gasteiger partial charge on any atom is -0.395 e. The van der Waals surface area contributed by atoms with Crippen molar-refractivity contribution < 1.29 is 19.7 Å². The fourth-order valence-electron chi connectivity index (χ4n) is 2.40. The summed E-state index contributed by atoms with van der Waals surface area (Å²) in [6, 6.07) is 14.9. The third-order valence-electron chi connectivity index (χ3n) is 4.00. The maximum absolute atomic E-state index is 11.9. The van der Waals surface area contributed by atoms with Crippen LogP contribution in [0, 0.1) is 16.0 Å². The predicted octanol–water partition coefficient (Wildman–Crippen LogP) is 3.27. The number of oxime groups is 1. The van der Waals surface area contributed by atoms with E-state index in [0.717, 1.165) is 5.56 Å². The molecule has 0 aliphatic heterocycles. The molecule has 26 heavy (non-hydrogen) atoms. The summed E-state index contributed by atoms with van der Waals surface area (Å²) in [6.07, 6.45) is -1.14. The van der Waals surface area contributed by atoms with Crippen molar-refractivity contribution in [3.05, 3.63) is 75.8 Å². The molecular weight excluding hydrogens is 336 g/mol. The Kier molecular flexibility index (Phi) is 6.57. The maximum Gasteiger partial charge on any atom is 0.269 e. The number of ketones is 1. The zero-order valence-electron chi connectivity index (χ0n) is 14.5. The molecule has 2 atom stereocenters. The maximum atomic E-state index is 11.9. The number of Topliss-reactive ketones (excluding diaryl/α,β-unsaturated/α-hetero) is 1. The number of aliphatic hydroxyl groups is 1. The van der Waals surface area contributed by atoms with Crippen molar-refractivity contribution in [1.29, 1.82) is 0 Å². The number of nitro benzene ring substituents is 1. The van der Waals surface area contributed by atoms with Gasteiger partial charge >= 0.3 is 0 Å². The Bertz CT molecular complexity index is 787. The van der Waals surface area contributed by atoms with Crippen LogP contribution < -0.4 is 0 Å². The summed E-state index contributed by atoms with van der Waals surface area (Å²) in [6.45, 7) is 3.04. The largest absolute Gasteiger partial charge is 0.395 e. The van der Waals surface area contributed by atoms with E-state index in [9.17, 15) is 20.0 Å². The topological polar surface area (TPSA) is 102 Å². The second-order valence-corrected chi connectivity index (χ2v) is 5.85. The van der Waals surface area contributed by atoms with Crippen molar-refractivity contribution in [3.63, 3.8) is 0 Å². The molecule has 7 heteroatoms. The summed E-state index contributed by atoms with van der Waals surface area (Å²) in [5.74, 6) is -1.09. The van der Waals surface area contributed by atoms with Crippen LogP contribution in [0.15, 0.2) is 59.8 Å². The molecule has 0 saturated heterocycles. The Labute approximate surface area is 151 Å². The van der Waals surface area contributed by atoms with Crippen LogP contribution in [0.3, 0.4) is 0 Å². The van der Waals surface area contributed by atoms with Crippen LogP contribution in [0.25, 0.3) is 0 Å². The molecule has 2 aromatic carbocycles. The van der Waals surface area contributed by atoms with Gasteiger partial charge in [0.05, 0.1) is 22.7 Å². The van der Waals surface area contributed by atoms with Gasteiger partial charge in [0, 0.05) is 12.1 Å². The van der Waals surface area contributed by atoms with Gasteiger partial charge in [0.2, 0.25) is 0 Å². The van der Waals surface area contributed by atoms with Gasteiger partial charge in [-0.25, -0.2) is 0 Å². The zero-order chi connectivity index (χ0) is 19.1. The van der Waals surface area contributed by atoms with Crippen molar-refractivity contribution in [2.24, 2.45) is 11.1 Å². The van der Waals surface area contributed by atoms with Crippen LogP contribution in [-0.2, 0) is 9.63 Å². The van der Waals surface area contributed by atoms with Crippen molar-refractivity contribution in [1.82, 2.24) is 0 Å². The monoisotopic (exact) mass is 356 g/mol. The minimum atomic E-state index is -1.14. The van der Waals surface area contributed by atoms with Crippen LogP contribution in [0.2, 0.25) is 0 Å². The summed E-state index contributed by atoms with van der Waals surface area (Å²) >= 11 is 0. The molecule has 0 aromatic heterocycles. The van der Waals surface area contributed by atoms with E-state index in [1.54, 1.807) is 6.92 Å². The standard InChI is InChI=1S/C19H20N2O5/c1-13(15-6-4-3-5-7-15)20-26-12-18(14(2)22)19(23)16-8-10-17(11-9-16)21(24)25/h3-11,18-19,23H,12H2,1-2H3/b20-13+/t18-,19-/m1/s1. The highest BCUT2D eigenvalue weighted by molar-refractivity contribution is 5.98. The Morgan fingerprint density at radius 3 is 2.31 bits per heavy atom. The van der Waals surface area contributed by atoms with Crippen molar-refractivity contribution in [2.45, 2.75) is 20.0 Å². The van der Waals surface area contributed by atoms with Gasteiger partial charge in [-0.2, -0.15) is 0 Å². The van der Waals surface area contributed by atoms with Gasteiger partial charge < -0.3 is 9.94 Å². The van der Waals surface area contributed by atoms with Gasteiger partial charge in [-0.15, -0.1) is 0 Å². The molecule has 0 aliphatic rings. The highest BCUT2D eigenvalue weighted by Gasteiger charge is 2.26. The first kappa shape index (κ1) is 19.3. The molecule has 0 heterocycles. The first-order valence-corrected chi connectivity index (χ1v) is 8.05. The molecule has 1 N–H and O–H groups in total. The molecule has 2 aromatic rings. The van der Waals surface area contributed by atoms with E-state index in [0.29, 0.717) is 11.3 Å². The Morgan fingerprint density at radius 1 is 1.15 bits per heavy atom. The average molecular weight is 356 g/mol. The third-order valence-corrected chi connectivity index (χ3v) is 4.00. The molecule has 2 rings (SSSR count). The number of hydrogen-bond acceptors (Lipinski definition) is 6. The van der Waals surface area contributed by atoms with Crippen LogP contribution in [0.4, 0.5) is 5.69 Å². The lowest BCUT2D eigenvalue weighted by molar-refractivity contribution is -0.384. The van der Waals surface area contributed by atoms with E-state index in [-0.39, 0.29) is 18.1 Å². The smallest absolute Gasteiger partial charge is 0.269 e. The van der Waals surface area contributed by atoms with Gasteiger partial charge in [-0.05, 0) is 37.1 Å². The highest BCUT2D eigenvalue weighted by Crippen LogP contribution is 2.25. The Morgan fingerprint density at radius 2 is 1.77 bits per heavy atom. The molecule has 0 aliphatic carbocycles. The molecule has 0 bridgehead atoms. The highest BCUT2D eigenvalue weighted by atomic mass is 16.6. The molecule has 0 amide bonds. The van der Waals surface area contributed by atoms with Gasteiger partial charge in [-0.1, -0.05) is 35.5 Å². The molecule has 0 saturated carbocycles. The number of aliphatic hydroxyl groups excluding tert-OH is 1. The summed E-state index contributed by atoms with van der Waals surface area (Å²) in [7, 11) is 0. The van der Waals surface area contributed by atoms with E-state index in [4.69, 9.17) is 4.84 Å². The van der Waals surface area contributed by atoms with E-state index >= 15 is 0 Å². The van der Waals surface area contributed by atoms with Crippen LogP contribution in [-0.4, -0.2) is 28.1 Å². The fraction of sp³-hybridized carbons (Fsp3) is 0.263. The van der Waals surface area contributed by atoms with Crippen molar-refractivity contribution in [3.8, 4) is 0 Å². The second kappa shape index (κ2) is 8.87. The van der Waals surface area contributed by atoms with Gasteiger partial charge in [-0.3, -0.25) is 14.9 Å². The molecule has 0 fully saturated rings. The first-order chi connectivity index (χ1) is 12.4. The number of nitro groups is 1. The zero-order valence-corrected chi connectivity index (χ0v) is 14.5. The number of rotatable bonds is 8. The van der Waals surface area contributed by atoms with Gasteiger partial charge in [0.15, 0.2) is 0 Å². The number of nitrogens with zero attached hydrogens (tertiary/aromatic N) is 2. The number of hydrogen-bond donors (Lipinski definition) is 1. The quantitative estimate of drug-likeness (QED) is 0.444. The van der Waals surface area contributed by atoms with Crippen molar-refractivity contribution in [2.75, 3.05) is 6.61 Å². The van der Waals surface area contributed by atoms with Gasteiger partial charge in [0.25, 0.3) is 5.69 Å². The molecule has 0 radical (unpaired) electrons. The third kappa shape index (κ3) is 4.97. The molecular formula is C19H20N2O5. The predicted molar refractivity (Wildman–Crippen MR) is 96.8 cm³/mol. The number of carbonyl (C=O) groups is 1. The Balaban J connectivity index is 2.06. The van der Waals surface area contributed by atoms with E-state index in [1.807, 2.05) is 30.3 Å². The summed E-state index contributed by atoms with van der Waals surface area (Å²) in [4.78, 5) is 27.3. The summed E-state index contributed by atoms with van der Waals surface area (Å²) in [5.41, 5.74) is 1.86. The number of benzene rings is 2. The second-order valence-electron chi connectivity index (χ2n) is 5.85. The number of non-ortho nitro benzene ring substituents is 1. The normalized spacial score (nSPS) is 13.7. The van der Waals surface area contributed by atoms with Gasteiger partial charge in [0.1, 0.15) is 12.4 Å². The molecule has 7 nitrogen and oxygen atoms in total. The summed E-state index contributed by atoms with van der Waals surface area (Å²) in [5, 5.41) is 25.1. The van der Waals surface area contributed by atoms with Crippen LogP contribution in [0.5, 0.6) is 0 Å². The molecule has 136 valence electrons. The lowest BCUT2D eigenvalue weighted by Crippen LogP contribution is -2.24. The average Bonchev–Trinajstić information content (AvgIpc) is 2.65. The van der Waals surface area contributed by atoms with Crippen LogP contribution in [0.1, 0.15) is 31.1 Å².